The number of hydrogen-bond donors (Lipinski definition) is 5. The van der Waals surface area contributed by atoms with Crippen LogP contribution in [0.5, 0.6) is 0 Å². The number of fused-ring (bicyclic) bond motifs is 5. The Bertz CT molecular complexity index is 965. The summed E-state index contributed by atoms with van der Waals surface area (Å²) in [5, 5.41) is 55.7. The van der Waals surface area contributed by atoms with Crippen molar-refractivity contribution in [2.75, 3.05) is 0 Å². The third-order valence-electron chi connectivity index (χ3n) is 10.8. The lowest BCUT2D eigenvalue weighted by Crippen LogP contribution is -2.63. The van der Waals surface area contributed by atoms with Gasteiger partial charge in [0.2, 0.25) is 0 Å². The highest BCUT2D eigenvalue weighted by Gasteiger charge is 2.69. The second-order valence-corrected chi connectivity index (χ2v) is 13.8. The lowest BCUT2D eigenvalue weighted by atomic mass is 9.45. The molecule has 5 N–H and O–H groups in total. The summed E-state index contributed by atoms with van der Waals surface area (Å²) in [5.74, 6) is -1.54. The fourth-order valence-corrected chi connectivity index (χ4v) is 8.63. The monoisotopic (exact) mass is 522 g/mol. The number of ketones is 1. The van der Waals surface area contributed by atoms with Crippen molar-refractivity contribution in [3.63, 3.8) is 0 Å². The fraction of sp³-hybridized carbons (Fsp3) is 0.862. The van der Waals surface area contributed by atoms with E-state index in [-0.39, 0.29) is 24.5 Å². The van der Waals surface area contributed by atoms with Crippen molar-refractivity contribution in [1.29, 1.82) is 0 Å². The summed E-state index contributed by atoms with van der Waals surface area (Å²) in [7, 11) is 0. The summed E-state index contributed by atoms with van der Waals surface area (Å²) in [5.41, 5.74) is -4.43. The SMILES string of the molecule is CC(=O)O[C@H]1C[C@@]2(C)[C@@H](C[C@H]1O)C(=O)C=C1[C@@H]2CC[C@]2(C)[C@@H]([C@@](C)(O)[C@H](O)CCC(C)(C)O)CC[C@@]12O. The zero-order valence-corrected chi connectivity index (χ0v) is 23.2. The van der Waals surface area contributed by atoms with Gasteiger partial charge in [-0.1, -0.05) is 13.8 Å². The molecule has 0 heterocycles. The van der Waals surface area contributed by atoms with Crippen molar-refractivity contribution in [3.8, 4) is 0 Å². The van der Waals surface area contributed by atoms with Gasteiger partial charge in [0.1, 0.15) is 6.10 Å². The molecule has 0 amide bonds. The Morgan fingerprint density at radius 1 is 1.16 bits per heavy atom. The quantitative estimate of drug-likeness (QED) is 0.335. The van der Waals surface area contributed by atoms with E-state index in [9.17, 15) is 35.1 Å². The van der Waals surface area contributed by atoms with Crippen molar-refractivity contribution in [2.45, 2.75) is 128 Å². The molecular formula is C29H46O8. The van der Waals surface area contributed by atoms with Gasteiger partial charge < -0.3 is 30.3 Å². The molecule has 210 valence electrons. The lowest BCUT2D eigenvalue weighted by molar-refractivity contribution is -0.182. The predicted octanol–water partition coefficient (Wildman–Crippen LogP) is 2.42. The molecule has 0 saturated heterocycles. The Morgan fingerprint density at radius 2 is 1.81 bits per heavy atom. The molecule has 37 heavy (non-hydrogen) atoms. The number of aliphatic hydroxyl groups is 5. The van der Waals surface area contributed by atoms with Crippen molar-refractivity contribution >= 4 is 11.8 Å². The predicted molar refractivity (Wildman–Crippen MR) is 136 cm³/mol. The third kappa shape index (κ3) is 4.50. The highest BCUT2D eigenvalue weighted by Crippen LogP contribution is 2.68. The minimum absolute atomic E-state index is 0.118. The average molecular weight is 523 g/mol. The van der Waals surface area contributed by atoms with Gasteiger partial charge in [-0.3, -0.25) is 9.59 Å². The molecule has 4 aliphatic carbocycles. The van der Waals surface area contributed by atoms with Gasteiger partial charge in [-0.25, -0.2) is 0 Å². The Kier molecular flexibility index (Phi) is 7.07. The molecule has 8 nitrogen and oxygen atoms in total. The number of aliphatic hydroxyl groups excluding tert-OH is 2. The van der Waals surface area contributed by atoms with Crippen LogP contribution in [0, 0.1) is 28.6 Å². The lowest BCUT2D eigenvalue weighted by Gasteiger charge is -2.60. The van der Waals surface area contributed by atoms with E-state index in [1.807, 2.05) is 13.8 Å². The Balaban J connectivity index is 1.66. The molecule has 4 aliphatic rings. The third-order valence-corrected chi connectivity index (χ3v) is 10.8. The highest BCUT2D eigenvalue weighted by molar-refractivity contribution is 5.95. The number of ether oxygens (including phenoxy) is 1. The molecule has 0 aromatic rings. The number of allylic oxidation sites excluding steroid dienone is 1. The smallest absolute Gasteiger partial charge is 0.302 e. The number of hydrogen-bond acceptors (Lipinski definition) is 8. The maximum Gasteiger partial charge on any atom is 0.302 e. The van der Waals surface area contributed by atoms with Crippen LogP contribution in [-0.2, 0) is 14.3 Å². The number of rotatable bonds is 6. The van der Waals surface area contributed by atoms with Crippen molar-refractivity contribution in [2.24, 2.45) is 28.6 Å². The Morgan fingerprint density at radius 3 is 2.41 bits per heavy atom. The Labute approximate surface area is 220 Å². The first-order valence-electron chi connectivity index (χ1n) is 13.8. The molecule has 0 spiro atoms. The van der Waals surface area contributed by atoms with Crippen LogP contribution in [-0.4, -0.2) is 72.4 Å². The van der Waals surface area contributed by atoms with Crippen LogP contribution in [0.3, 0.4) is 0 Å². The summed E-state index contributed by atoms with van der Waals surface area (Å²) in [6.07, 6.45) is 2.17. The van der Waals surface area contributed by atoms with Crippen LogP contribution in [0.15, 0.2) is 11.6 Å². The van der Waals surface area contributed by atoms with Crippen LogP contribution in [0.2, 0.25) is 0 Å². The summed E-state index contributed by atoms with van der Waals surface area (Å²) in [4.78, 5) is 25.1. The average Bonchev–Trinajstić information content (AvgIpc) is 3.05. The first-order chi connectivity index (χ1) is 16.9. The fourth-order valence-electron chi connectivity index (χ4n) is 8.63. The van der Waals surface area contributed by atoms with E-state index < -0.39 is 63.8 Å². The molecule has 3 saturated carbocycles. The van der Waals surface area contributed by atoms with Crippen LogP contribution in [0.25, 0.3) is 0 Å². The molecule has 8 heteroatoms. The van der Waals surface area contributed by atoms with Gasteiger partial charge in [-0.15, -0.1) is 0 Å². The molecule has 3 fully saturated rings. The molecule has 0 unspecified atom stereocenters. The van der Waals surface area contributed by atoms with Crippen LogP contribution in [0.4, 0.5) is 0 Å². The minimum Gasteiger partial charge on any atom is -0.460 e. The largest absolute Gasteiger partial charge is 0.460 e. The van der Waals surface area contributed by atoms with Crippen LogP contribution in [0.1, 0.15) is 92.9 Å². The van der Waals surface area contributed by atoms with Crippen molar-refractivity contribution in [3.05, 3.63) is 11.6 Å². The van der Waals surface area contributed by atoms with Gasteiger partial charge in [-0.2, -0.15) is 0 Å². The molecule has 0 radical (unpaired) electrons. The van der Waals surface area contributed by atoms with Gasteiger partial charge in [0.05, 0.1) is 29.0 Å². The number of esters is 1. The van der Waals surface area contributed by atoms with Crippen molar-refractivity contribution in [1.82, 2.24) is 0 Å². The normalized spacial score (nSPS) is 44.1. The number of carbonyl (C=O) groups excluding carboxylic acids is 2. The van der Waals surface area contributed by atoms with E-state index in [0.29, 0.717) is 44.1 Å². The molecule has 0 aromatic carbocycles. The topological polar surface area (TPSA) is 145 Å². The summed E-state index contributed by atoms with van der Waals surface area (Å²) in [6.45, 7) is 10.3. The minimum atomic E-state index is -1.49. The van der Waals surface area contributed by atoms with E-state index in [4.69, 9.17) is 4.74 Å². The molecular weight excluding hydrogens is 476 g/mol. The first kappa shape index (κ1) is 28.7. The molecule has 0 aromatic heterocycles. The highest BCUT2D eigenvalue weighted by atomic mass is 16.6. The van der Waals surface area contributed by atoms with Gasteiger partial charge in [-0.05, 0) is 101 Å². The van der Waals surface area contributed by atoms with E-state index in [1.54, 1.807) is 26.8 Å². The first-order valence-corrected chi connectivity index (χ1v) is 13.8. The molecule has 0 bridgehead atoms. The summed E-state index contributed by atoms with van der Waals surface area (Å²) >= 11 is 0. The molecule has 0 aliphatic heterocycles. The summed E-state index contributed by atoms with van der Waals surface area (Å²) in [6, 6.07) is 0. The number of carbonyl (C=O) groups is 2. The molecule has 4 rings (SSSR count). The standard InChI is InChI=1S/C29H46O8/c1-16(30)37-22-15-26(4)17-7-11-27(5)23(28(6,35)24(33)9-10-25(2,3)34)8-12-29(27,36)18(17)13-20(31)19(26)14-21(22)32/h13,17,19,21-24,32-36H,7-12,14-15H2,1-6H3/t17-,19-,21+,22-,23-,24+,26+,27+,28+,29+/m0/s1. The van der Waals surface area contributed by atoms with E-state index in [2.05, 4.69) is 0 Å². The van der Waals surface area contributed by atoms with Gasteiger partial charge in [0, 0.05) is 18.3 Å². The maximum absolute atomic E-state index is 13.4. The van der Waals surface area contributed by atoms with E-state index in [0.717, 1.165) is 0 Å². The van der Waals surface area contributed by atoms with Gasteiger partial charge in [0.25, 0.3) is 0 Å². The van der Waals surface area contributed by atoms with Crippen LogP contribution < -0.4 is 0 Å². The summed E-state index contributed by atoms with van der Waals surface area (Å²) < 4.78 is 5.44. The maximum atomic E-state index is 13.4. The molecule has 10 atom stereocenters. The zero-order chi connectivity index (χ0) is 27.8. The zero-order valence-electron chi connectivity index (χ0n) is 23.2. The van der Waals surface area contributed by atoms with Gasteiger partial charge >= 0.3 is 5.97 Å². The van der Waals surface area contributed by atoms with E-state index >= 15 is 0 Å². The second-order valence-electron chi connectivity index (χ2n) is 13.8. The Hall–Kier alpha value is -1.32. The van der Waals surface area contributed by atoms with Gasteiger partial charge in [0.15, 0.2) is 5.78 Å². The van der Waals surface area contributed by atoms with E-state index in [1.165, 1.54) is 6.92 Å². The van der Waals surface area contributed by atoms with Crippen LogP contribution >= 0.6 is 0 Å². The second kappa shape index (κ2) is 9.12. The van der Waals surface area contributed by atoms with Crippen molar-refractivity contribution < 1.29 is 39.9 Å².